The Balaban J connectivity index is -0.000000820. The number of hydrogen-bond donors (Lipinski definition) is 1. The smallest absolute Gasteiger partial charge is 0.463 e. The second-order valence-electron chi connectivity index (χ2n) is 8.83. The van der Waals surface area contributed by atoms with Gasteiger partial charge in [-0.15, -0.1) is 0 Å². The van der Waals surface area contributed by atoms with Crippen molar-refractivity contribution in [3.8, 4) is 6.07 Å². The molecule has 1 N–H and O–H groups in total. The second kappa shape index (κ2) is 20.0. The number of allylic oxidation sites excluding steroid dienone is 2. The molecule has 1 aromatic carbocycles. The van der Waals surface area contributed by atoms with Gasteiger partial charge < -0.3 is 79.1 Å². The molecule has 1 aliphatic heterocycles. The molecule has 0 saturated heterocycles. The minimum Gasteiger partial charge on any atom is -0.463 e. The fourth-order valence-electron chi connectivity index (χ4n) is 3.10. The number of rotatable bonds is 6. The molecule has 2 rings (SSSR count). The van der Waals surface area contributed by atoms with Crippen LogP contribution in [0.2, 0.25) is 0 Å². The van der Waals surface area contributed by atoms with Crippen LogP contribution in [0.4, 0.5) is 74.7 Å². The van der Waals surface area contributed by atoms with Gasteiger partial charge in [0.15, 0.2) is 0 Å². The molecule has 7 nitrogen and oxygen atoms in total. The summed E-state index contributed by atoms with van der Waals surface area (Å²) in [4.78, 5) is 23.7. The van der Waals surface area contributed by atoms with Gasteiger partial charge >= 0.3 is 35.0 Å². The van der Waals surface area contributed by atoms with Gasteiger partial charge in [-0.25, -0.2) is 14.8 Å². The number of halogens is 16. The standard InChI is InChI=1S/C20H25N3O4S.4BF4/c1-6-27-20(24)18-17(14-9-8-10-15(11-14)23(25)26)16(12-21)13(3)22-19(18)28(4,5)7-2;4*2-1(3,4)5/h8-11,17,22H,6-7H2,1-5H3;;;;/q;4*-1. The molecule has 0 spiro atoms. The summed E-state index contributed by atoms with van der Waals surface area (Å²) >= 11 is 0. The summed E-state index contributed by atoms with van der Waals surface area (Å²) in [7, 11) is -25.4. The summed E-state index contributed by atoms with van der Waals surface area (Å²) in [6, 6.07) is 8.27. The third kappa shape index (κ3) is 26.4. The molecule has 0 amide bonds. The van der Waals surface area contributed by atoms with Crippen LogP contribution in [0.25, 0.3) is 0 Å². The number of carbonyl (C=O) groups is 1. The first-order chi connectivity index (χ1) is 21.2. The average Bonchev–Trinajstić information content (AvgIpc) is 2.84. The number of nitro benzene ring substituents is 1. The van der Waals surface area contributed by atoms with E-state index in [0.29, 0.717) is 22.4 Å². The Bertz CT molecular complexity index is 1240. The van der Waals surface area contributed by atoms with E-state index in [1.165, 1.54) is 12.1 Å². The first kappa shape index (κ1) is 48.7. The molecule has 48 heavy (non-hydrogen) atoms. The van der Waals surface area contributed by atoms with Crippen molar-refractivity contribution in [3.63, 3.8) is 0 Å². The van der Waals surface area contributed by atoms with E-state index in [9.17, 15) is 89.2 Å². The minimum atomic E-state index is -6.00. The number of nitrogens with one attached hydrogen (secondary N) is 1. The van der Waals surface area contributed by atoms with Crippen LogP contribution in [0.1, 0.15) is 32.3 Å². The van der Waals surface area contributed by atoms with E-state index in [2.05, 4.69) is 23.9 Å². The van der Waals surface area contributed by atoms with E-state index < -0.39 is 55.9 Å². The quantitative estimate of drug-likeness (QED) is 0.102. The molecule has 1 unspecified atom stereocenters. The highest BCUT2D eigenvalue weighted by molar-refractivity contribution is 8.35. The zero-order chi connectivity index (χ0) is 39.1. The number of esters is 1. The van der Waals surface area contributed by atoms with Crippen LogP contribution in [0.5, 0.6) is 0 Å². The van der Waals surface area contributed by atoms with Gasteiger partial charge in [-0.3, -0.25) is 10.1 Å². The maximum Gasteiger partial charge on any atom is 0.673 e. The van der Waals surface area contributed by atoms with Crippen LogP contribution < -0.4 is 5.32 Å². The molecule has 0 fully saturated rings. The molecule has 1 aromatic rings. The number of nitro groups is 1. The Hall–Kier alpha value is -3.65. The van der Waals surface area contributed by atoms with Crippen molar-refractivity contribution in [3.05, 3.63) is 61.8 Å². The summed E-state index contributed by atoms with van der Waals surface area (Å²) in [5.41, 5.74) is 1.82. The van der Waals surface area contributed by atoms with Gasteiger partial charge in [-0.2, -0.15) is 5.26 Å². The summed E-state index contributed by atoms with van der Waals surface area (Å²) in [5.74, 6) is -0.385. The number of nitrogens with zero attached hydrogens (tertiary/aromatic N) is 2. The Morgan fingerprint density at radius 1 is 0.896 bits per heavy atom. The third-order valence-electron chi connectivity index (χ3n) is 4.83. The number of dihydropyridines is 1. The van der Waals surface area contributed by atoms with Crippen LogP contribution in [0.3, 0.4) is 0 Å². The predicted molar refractivity (Wildman–Crippen MR) is 152 cm³/mol. The lowest BCUT2D eigenvalue weighted by Gasteiger charge is -2.40. The zero-order valence-corrected chi connectivity index (χ0v) is 25.9. The number of carbonyl (C=O) groups excluding carboxylic acids is 1. The summed E-state index contributed by atoms with van der Waals surface area (Å²) in [6.07, 6.45) is 4.17. The van der Waals surface area contributed by atoms with Gasteiger partial charge in [0.05, 0.1) is 39.7 Å². The minimum absolute atomic E-state index is 0.0853. The van der Waals surface area contributed by atoms with E-state index in [4.69, 9.17) is 4.74 Å². The van der Waals surface area contributed by atoms with E-state index in [-0.39, 0.29) is 12.3 Å². The van der Waals surface area contributed by atoms with Crippen molar-refractivity contribution in [1.82, 2.24) is 5.32 Å². The van der Waals surface area contributed by atoms with Crippen molar-refractivity contribution in [2.24, 2.45) is 0 Å². The van der Waals surface area contributed by atoms with E-state index in [0.717, 1.165) is 10.8 Å². The topological polar surface area (TPSA) is 105 Å². The maximum atomic E-state index is 13.0. The number of hydrogen-bond acceptors (Lipinski definition) is 6. The number of benzene rings is 1. The van der Waals surface area contributed by atoms with Gasteiger partial charge in [0.2, 0.25) is 0 Å². The van der Waals surface area contributed by atoms with E-state index in [1.807, 2.05) is 6.92 Å². The largest absolute Gasteiger partial charge is 0.673 e. The molecular weight excluding hydrogens is 726 g/mol. The fraction of sp³-hybridized carbons (Fsp3) is 0.400. The second-order valence-corrected chi connectivity index (χ2v) is 12.9. The molecule has 28 heteroatoms. The highest BCUT2D eigenvalue weighted by atomic mass is 32.3. The highest BCUT2D eigenvalue weighted by Crippen LogP contribution is 2.53. The Kier molecular flexibility index (Phi) is 20.3. The van der Waals surface area contributed by atoms with Crippen LogP contribution in [-0.4, -0.2) is 64.8 Å². The molecule has 0 aliphatic carbocycles. The van der Waals surface area contributed by atoms with Gasteiger partial charge in [-0.05, 0) is 37.7 Å². The summed E-state index contributed by atoms with van der Waals surface area (Å²) in [6.45, 7) is 5.76. The monoisotopic (exact) mass is 751 g/mol. The fourth-order valence-corrected chi connectivity index (χ4v) is 4.61. The van der Waals surface area contributed by atoms with Crippen LogP contribution in [-0.2, 0) is 9.53 Å². The van der Waals surface area contributed by atoms with Crippen LogP contribution in [0, 0.1) is 21.4 Å². The summed E-state index contributed by atoms with van der Waals surface area (Å²) < 4.78 is 161. The molecule has 0 radical (unpaired) electrons. The SMILES string of the molecule is CCOC(=O)C1=C(S(C)(C)CC)NC(C)=C(C#N)C1c1cccc([N+](=O)[O-])c1.F[B-](F)(F)F.F[B-](F)(F)F.F[B-](F)(F)F.F[B-](F)(F)F. The van der Waals surface area contributed by atoms with Crippen molar-refractivity contribution < 1.29 is 83.5 Å². The van der Waals surface area contributed by atoms with Crippen molar-refractivity contribution >= 4 is 50.7 Å². The Labute approximate surface area is 264 Å². The van der Waals surface area contributed by atoms with Gasteiger partial charge in [0.25, 0.3) is 5.69 Å². The van der Waals surface area contributed by atoms with E-state index >= 15 is 0 Å². The highest BCUT2D eigenvalue weighted by Gasteiger charge is 2.39. The molecular formula is C20H25B4F16N3O4S-4. The third-order valence-corrected chi connectivity index (χ3v) is 7.70. The molecule has 0 bridgehead atoms. The number of non-ortho nitro benzene ring substituents is 1. The van der Waals surface area contributed by atoms with Gasteiger partial charge in [0.1, 0.15) is 0 Å². The predicted octanol–water partition coefficient (Wildman–Crippen LogP) is 9.14. The maximum absolute atomic E-state index is 13.0. The lowest BCUT2D eigenvalue weighted by molar-refractivity contribution is -0.384. The van der Waals surface area contributed by atoms with Crippen LogP contribution >= 0.6 is 10.0 Å². The first-order valence-corrected chi connectivity index (χ1v) is 15.0. The van der Waals surface area contributed by atoms with Crippen molar-refractivity contribution in [2.75, 3.05) is 24.9 Å². The molecule has 1 atom stereocenters. The first-order valence-electron chi connectivity index (χ1n) is 12.4. The van der Waals surface area contributed by atoms with Gasteiger partial charge in [0, 0.05) is 17.8 Å². The number of ether oxygens (including phenoxy) is 1. The number of nitriles is 1. The lowest BCUT2D eigenvalue weighted by Crippen LogP contribution is -2.32. The van der Waals surface area contributed by atoms with E-state index in [1.54, 1.807) is 26.0 Å². The zero-order valence-electron chi connectivity index (χ0n) is 25.1. The molecule has 0 saturated carbocycles. The lowest BCUT2D eigenvalue weighted by atomic mass is 9.82. The van der Waals surface area contributed by atoms with Crippen molar-refractivity contribution in [2.45, 2.75) is 26.7 Å². The van der Waals surface area contributed by atoms with Gasteiger partial charge in [-0.1, -0.05) is 19.1 Å². The Morgan fingerprint density at radius 2 is 1.29 bits per heavy atom. The summed E-state index contributed by atoms with van der Waals surface area (Å²) in [5, 5.41) is 25.1. The molecule has 278 valence electrons. The molecule has 1 aliphatic rings. The normalized spacial score (nSPS) is 15.3. The molecule has 0 aromatic heterocycles. The Morgan fingerprint density at radius 3 is 1.60 bits per heavy atom. The van der Waals surface area contributed by atoms with Crippen LogP contribution in [0.15, 0.2) is 46.1 Å². The van der Waals surface area contributed by atoms with Crippen molar-refractivity contribution in [1.29, 1.82) is 5.26 Å². The molecule has 1 heterocycles. The average molecular weight is 751 g/mol.